The molecule has 10 rings (SSSR count). The van der Waals surface area contributed by atoms with Crippen LogP contribution in [0.25, 0.3) is 11.1 Å². The van der Waals surface area contributed by atoms with Crippen molar-refractivity contribution in [2.75, 3.05) is 6.61 Å². The van der Waals surface area contributed by atoms with Crippen molar-refractivity contribution in [3.05, 3.63) is 215 Å². The van der Waals surface area contributed by atoms with E-state index < -0.39 is 47.1 Å². The first-order chi connectivity index (χ1) is 33.8. The molecule has 2 amide bonds. The highest BCUT2D eigenvalue weighted by Crippen LogP contribution is 2.53. The number of β-lactam (4-membered cyclic amide) rings is 2. The van der Waals surface area contributed by atoms with Crippen LogP contribution in [-0.4, -0.2) is 85.7 Å². The Hall–Kier alpha value is -7.83. The lowest BCUT2D eigenvalue weighted by Crippen LogP contribution is -2.58. The second-order valence-electron chi connectivity index (χ2n) is 19.3. The quantitative estimate of drug-likeness (QED) is 0.0546. The van der Waals surface area contributed by atoms with E-state index in [1.807, 2.05) is 155 Å². The number of nitrogens with zero attached hydrogens (tertiary/aromatic N) is 4. The Kier molecular flexibility index (Phi) is 13.3. The maximum absolute atomic E-state index is 13.7. The maximum Gasteiger partial charge on any atom is 0.330 e. The number of fused-ring (bicyclic) bond motifs is 2. The molecule has 6 heterocycles. The minimum atomic E-state index is -0.754. The molecule has 6 aromatic rings. The Morgan fingerprint density at radius 1 is 0.571 bits per heavy atom. The lowest BCUT2D eigenvalue weighted by Gasteiger charge is -2.42. The van der Waals surface area contributed by atoms with Crippen LogP contribution < -0.4 is 0 Å². The third-order valence-corrected chi connectivity index (χ3v) is 13.9. The maximum atomic E-state index is 13.7. The monoisotopic (exact) mass is 934 g/mol. The summed E-state index contributed by atoms with van der Waals surface area (Å²) in [6.07, 6.45) is 3.90. The third-order valence-electron chi connectivity index (χ3n) is 13.9. The van der Waals surface area contributed by atoms with Gasteiger partial charge < -0.3 is 24.4 Å². The van der Waals surface area contributed by atoms with Gasteiger partial charge >= 0.3 is 11.9 Å². The molecule has 4 fully saturated rings. The summed E-state index contributed by atoms with van der Waals surface area (Å²) < 4.78 is 12.3. The molecule has 0 aliphatic carbocycles. The molecule has 2 aromatic heterocycles. The smallest absolute Gasteiger partial charge is 0.330 e. The number of allylic oxidation sites excluding steroid dienone is 1. The zero-order valence-corrected chi connectivity index (χ0v) is 39.4. The predicted octanol–water partition coefficient (Wildman–Crippen LogP) is 8.55. The zero-order valence-electron chi connectivity index (χ0n) is 39.4. The molecular formula is C58H54N4O8. The van der Waals surface area contributed by atoms with Gasteiger partial charge in [0.25, 0.3) is 11.8 Å². The molecule has 12 nitrogen and oxygen atoms in total. The highest BCUT2D eigenvalue weighted by atomic mass is 16.6. The number of aromatic nitrogens is 2. The molecule has 4 aliphatic heterocycles. The zero-order chi connectivity index (χ0) is 49.2. The standard InChI is InChI=1S/C29H28N2O4.C29H26N2O4/c2*1-29(2)17-23-24(21(18-32)22-15-9-10-16-30-22)27(33)31(23)26(29)28(34)35-25(19-11-5-3-6-12-19)20-13-7-4-8-14-20/h3-16,23,25-26,32H,17-18H2,1-2H3;3-16,18,23,25-26H,17H2,1-2H3/b2*24-21+/t2*23?,26-/m00/s1. The molecule has 12 heteroatoms. The number of pyridine rings is 2. The molecule has 4 aliphatic rings. The van der Waals surface area contributed by atoms with E-state index in [9.17, 15) is 29.1 Å². The molecule has 4 saturated heterocycles. The van der Waals surface area contributed by atoms with Gasteiger partial charge in [0.15, 0.2) is 18.5 Å². The van der Waals surface area contributed by atoms with Crippen molar-refractivity contribution in [2.24, 2.45) is 10.8 Å². The minimum absolute atomic E-state index is 0.242. The number of carbonyl (C=O) groups excluding carboxylic acids is 5. The lowest BCUT2D eigenvalue weighted by molar-refractivity contribution is -0.162. The van der Waals surface area contributed by atoms with E-state index >= 15 is 0 Å². The number of aliphatic hydroxyl groups excluding tert-OH is 1. The predicted molar refractivity (Wildman–Crippen MR) is 263 cm³/mol. The van der Waals surface area contributed by atoms with E-state index in [0.717, 1.165) is 22.3 Å². The van der Waals surface area contributed by atoms with Gasteiger partial charge in [0.05, 0.1) is 41.2 Å². The SMILES string of the molecule is CC1(C)CC2/C(=C(/C=O)c3ccccn3)C(=O)N2[C@H]1C(=O)OC(c1ccccc1)c1ccccc1.CC1(C)CC2/C(=C(/CO)c3ccccn3)C(=O)N2[C@H]1C(=O)OC(c1ccccc1)c1ccccc1. The van der Waals surface area contributed by atoms with Crippen LogP contribution in [0, 0.1) is 10.8 Å². The fourth-order valence-corrected chi connectivity index (χ4v) is 10.6. The number of esters is 2. The fourth-order valence-electron chi connectivity index (χ4n) is 10.6. The Bertz CT molecular complexity index is 2870. The van der Waals surface area contributed by atoms with Crippen molar-refractivity contribution in [1.29, 1.82) is 0 Å². The van der Waals surface area contributed by atoms with Gasteiger partial charge in [-0.2, -0.15) is 0 Å². The van der Waals surface area contributed by atoms with E-state index in [-0.39, 0.29) is 36.1 Å². The summed E-state index contributed by atoms with van der Waals surface area (Å²) in [5.74, 6) is -1.43. The van der Waals surface area contributed by atoms with Crippen molar-refractivity contribution < 1.29 is 38.6 Å². The van der Waals surface area contributed by atoms with Crippen molar-refractivity contribution in [1.82, 2.24) is 19.8 Å². The van der Waals surface area contributed by atoms with Crippen LogP contribution in [0.15, 0.2) is 181 Å². The molecule has 0 radical (unpaired) electrons. The van der Waals surface area contributed by atoms with Gasteiger partial charge in [-0.25, -0.2) is 9.59 Å². The van der Waals surface area contributed by atoms with Crippen LogP contribution in [0.2, 0.25) is 0 Å². The van der Waals surface area contributed by atoms with E-state index in [1.165, 1.54) is 0 Å². The topological polar surface area (TPSA) is 156 Å². The summed E-state index contributed by atoms with van der Waals surface area (Å²) in [5, 5.41) is 10.1. The van der Waals surface area contributed by atoms with E-state index in [0.29, 0.717) is 47.2 Å². The normalized spacial score (nSPS) is 21.9. The van der Waals surface area contributed by atoms with Crippen LogP contribution in [0.4, 0.5) is 0 Å². The molecular weight excluding hydrogens is 881 g/mol. The number of amides is 2. The number of ether oxygens (including phenoxy) is 2. The molecule has 4 aromatic carbocycles. The summed E-state index contributed by atoms with van der Waals surface area (Å²) in [6.45, 7) is 7.61. The fraction of sp³-hybridized carbons (Fsp3) is 0.259. The van der Waals surface area contributed by atoms with Crippen LogP contribution in [0.5, 0.6) is 0 Å². The van der Waals surface area contributed by atoms with Gasteiger partial charge in [-0.15, -0.1) is 0 Å². The Labute approximate surface area is 407 Å². The summed E-state index contributed by atoms with van der Waals surface area (Å²) in [5.41, 5.74) is 5.22. The average molecular weight is 935 g/mol. The first kappa shape index (κ1) is 47.2. The van der Waals surface area contributed by atoms with Crippen molar-refractivity contribution in [2.45, 2.75) is 76.9 Å². The Balaban J connectivity index is 0.000000174. The number of aliphatic hydroxyl groups is 1. The highest BCUT2D eigenvalue weighted by molar-refractivity contribution is 6.21. The molecule has 70 heavy (non-hydrogen) atoms. The van der Waals surface area contributed by atoms with Gasteiger partial charge in [-0.05, 0) is 70.2 Å². The van der Waals surface area contributed by atoms with Crippen molar-refractivity contribution in [3.8, 4) is 0 Å². The van der Waals surface area contributed by atoms with Crippen LogP contribution in [0.3, 0.4) is 0 Å². The van der Waals surface area contributed by atoms with E-state index in [2.05, 4.69) is 9.97 Å². The number of aldehydes is 1. The highest BCUT2D eigenvalue weighted by Gasteiger charge is 2.63. The van der Waals surface area contributed by atoms with Gasteiger partial charge in [0.1, 0.15) is 12.1 Å². The van der Waals surface area contributed by atoms with Gasteiger partial charge in [0, 0.05) is 23.5 Å². The van der Waals surface area contributed by atoms with Crippen molar-refractivity contribution in [3.63, 3.8) is 0 Å². The molecule has 0 saturated carbocycles. The molecule has 0 spiro atoms. The largest absolute Gasteiger partial charge is 0.451 e. The first-order valence-electron chi connectivity index (χ1n) is 23.5. The number of hydrogen-bond donors (Lipinski definition) is 1. The van der Waals surface area contributed by atoms with E-state index in [4.69, 9.17) is 9.47 Å². The number of carbonyl (C=O) groups is 5. The number of rotatable bonds is 12. The van der Waals surface area contributed by atoms with Crippen molar-refractivity contribution >= 4 is 41.2 Å². The number of benzene rings is 4. The molecule has 1 N–H and O–H groups in total. The van der Waals surface area contributed by atoms with Crippen LogP contribution in [-0.2, 0) is 33.4 Å². The van der Waals surface area contributed by atoms with Crippen LogP contribution >= 0.6 is 0 Å². The third kappa shape index (κ3) is 8.86. The summed E-state index contributed by atoms with van der Waals surface area (Å²) in [4.78, 5) is 77.7. The van der Waals surface area contributed by atoms with Gasteiger partial charge in [-0.1, -0.05) is 161 Å². The molecule has 4 atom stereocenters. The summed E-state index contributed by atoms with van der Waals surface area (Å²) in [7, 11) is 0. The average Bonchev–Trinajstić information content (AvgIpc) is 3.80. The Morgan fingerprint density at radius 3 is 1.29 bits per heavy atom. The second kappa shape index (κ2) is 19.6. The van der Waals surface area contributed by atoms with Crippen LogP contribution in [0.1, 0.15) is 86.4 Å². The van der Waals surface area contributed by atoms with E-state index in [1.54, 1.807) is 52.5 Å². The van der Waals surface area contributed by atoms with Gasteiger partial charge in [0.2, 0.25) is 0 Å². The summed E-state index contributed by atoms with van der Waals surface area (Å²) >= 11 is 0. The first-order valence-corrected chi connectivity index (χ1v) is 23.5. The summed E-state index contributed by atoms with van der Waals surface area (Å²) in [6, 6.07) is 47.0. The lowest BCUT2D eigenvalue weighted by atomic mass is 9.82. The molecule has 0 bridgehead atoms. The van der Waals surface area contributed by atoms with Gasteiger partial charge in [-0.3, -0.25) is 24.4 Å². The minimum Gasteiger partial charge on any atom is -0.451 e. The molecule has 2 unspecified atom stereocenters. The Morgan fingerprint density at radius 2 is 0.929 bits per heavy atom. The molecule has 354 valence electrons. The number of hydrogen-bond acceptors (Lipinski definition) is 10. The second-order valence-corrected chi connectivity index (χ2v) is 19.3.